The van der Waals surface area contributed by atoms with Crippen molar-refractivity contribution in [2.75, 3.05) is 12.0 Å². The smallest absolute Gasteiger partial charge is 0.109 e. The SMILES string of the molecule is CSCC(C)c1ncc[nH]1. The summed E-state index contributed by atoms with van der Waals surface area (Å²) in [6, 6.07) is 0. The molecule has 0 fully saturated rings. The Balaban J connectivity index is 2.50. The van der Waals surface area contributed by atoms with Crippen molar-refractivity contribution in [1.82, 2.24) is 9.97 Å². The van der Waals surface area contributed by atoms with E-state index in [1.165, 1.54) is 0 Å². The first kappa shape index (κ1) is 7.66. The van der Waals surface area contributed by atoms with Crippen LogP contribution in [0.2, 0.25) is 0 Å². The van der Waals surface area contributed by atoms with Crippen molar-refractivity contribution in [1.29, 1.82) is 0 Å². The maximum absolute atomic E-state index is 4.17. The quantitative estimate of drug-likeness (QED) is 0.723. The van der Waals surface area contributed by atoms with Crippen LogP contribution in [0.25, 0.3) is 0 Å². The third kappa shape index (κ3) is 1.77. The van der Waals surface area contributed by atoms with Crippen molar-refractivity contribution < 1.29 is 0 Å². The summed E-state index contributed by atoms with van der Waals surface area (Å²) in [6.45, 7) is 2.18. The first-order chi connectivity index (χ1) is 4.84. The minimum absolute atomic E-state index is 0.546. The van der Waals surface area contributed by atoms with Crippen molar-refractivity contribution >= 4 is 11.8 Å². The van der Waals surface area contributed by atoms with Crippen molar-refractivity contribution in [2.24, 2.45) is 0 Å². The molecule has 0 radical (unpaired) electrons. The van der Waals surface area contributed by atoms with Gasteiger partial charge in [-0.1, -0.05) is 6.92 Å². The Labute approximate surface area is 65.4 Å². The molecule has 1 aromatic heterocycles. The second-order valence-corrected chi connectivity index (χ2v) is 3.24. The van der Waals surface area contributed by atoms with E-state index in [2.05, 4.69) is 23.1 Å². The van der Waals surface area contributed by atoms with Crippen LogP contribution < -0.4 is 0 Å². The van der Waals surface area contributed by atoms with Crippen LogP contribution in [0.1, 0.15) is 18.7 Å². The van der Waals surface area contributed by atoms with Crippen molar-refractivity contribution in [3.8, 4) is 0 Å². The van der Waals surface area contributed by atoms with Crippen LogP contribution in [-0.4, -0.2) is 22.0 Å². The number of aromatic nitrogens is 2. The Kier molecular flexibility index (Phi) is 2.81. The lowest BCUT2D eigenvalue weighted by molar-refractivity contribution is 0.806. The van der Waals surface area contributed by atoms with E-state index in [4.69, 9.17) is 0 Å². The fourth-order valence-electron chi connectivity index (χ4n) is 0.876. The molecule has 0 saturated heterocycles. The zero-order valence-corrected chi connectivity index (χ0v) is 7.11. The number of imidazole rings is 1. The van der Waals surface area contributed by atoms with Crippen molar-refractivity contribution in [3.05, 3.63) is 18.2 Å². The highest BCUT2D eigenvalue weighted by Gasteiger charge is 2.04. The van der Waals surface area contributed by atoms with E-state index >= 15 is 0 Å². The van der Waals surface area contributed by atoms with Gasteiger partial charge in [0, 0.05) is 24.1 Å². The highest BCUT2D eigenvalue weighted by molar-refractivity contribution is 7.98. The normalized spacial score (nSPS) is 13.4. The maximum atomic E-state index is 4.17. The molecule has 0 aromatic carbocycles. The summed E-state index contributed by atoms with van der Waals surface area (Å²) in [5.74, 6) is 2.77. The molecule has 0 aliphatic carbocycles. The molecule has 1 heterocycles. The number of thioether (sulfide) groups is 1. The van der Waals surface area contributed by atoms with Gasteiger partial charge in [0.2, 0.25) is 0 Å². The first-order valence-corrected chi connectivity index (χ1v) is 4.72. The monoisotopic (exact) mass is 156 g/mol. The molecule has 0 aliphatic rings. The largest absolute Gasteiger partial charge is 0.348 e. The fourth-order valence-corrected chi connectivity index (χ4v) is 1.53. The lowest BCUT2D eigenvalue weighted by Gasteiger charge is -2.04. The zero-order chi connectivity index (χ0) is 7.40. The van der Waals surface area contributed by atoms with E-state index in [0.29, 0.717) is 5.92 Å². The summed E-state index contributed by atoms with van der Waals surface area (Å²) < 4.78 is 0. The van der Waals surface area contributed by atoms with Gasteiger partial charge in [0.15, 0.2) is 0 Å². The van der Waals surface area contributed by atoms with Gasteiger partial charge in [-0.05, 0) is 6.26 Å². The molecule has 0 spiro atoms. The van der Waals surface area contributed by atoms with Crippen molar-refractivity contribution in [3.63, 3.8) is 0 Å². The minimum Gasteiger partial charge on any atom is -0.348 e. The molecule has 0 amide bonds. The molecular formula is C7H12N2S. The average molecular weight is 156 g/mol. The minimum atomic E-state index is 0.546. The van der Waals surface area contributed by atoms with E-state index in [1.807, 2.05) is 18.0 Å². The lowest BCUT2D eigenvalue weighted by Crippen LogP contribution is -1.98. The van der Waals surface area contributed by atoms with Gasteiger partial charge in [-0.15, -0.1) is 0 Å². The van der Waals surface area contributed by atoms with E-state index in [1.54, 1.807) is 6.20 Å². The number of aromatic amines is 1. The summed E-state index contributed by atoms with van der Waals surface area (Å²) in [5, 5.41) is 0. The van der Waals surface area contributed by atoms with Crippen LogP contribution >= 0.6 is 11.8 Å². The van der Waals surface area contributed by atoms with Gasteiger partial charge in [0.25, 0.3) is 0 Å². The molecule has 1 N–H and O–H groups in total. The maximum Gasteiger partial charge on any atom is 0.109 e. The van der Waals surface area contributed by atoms with Crippen LogP contribution in [0.5, 0.6) is 0 Å². The topological polar surface area (TPSA) is 28.7 Å². The Morgan fingerprint density at radius 1 is 1.80 bits per heavy atom. The van der Waals surface area contributed by atoms with Crippen molar-refractivity contribution in [2.45, 2.75) is 12.8 Å². The van der Waals surface area contributed by atoms with Gasteiger partial charge in [-0.2, -0.15) is 11.8 Å². The van der Waals surface area contributed by atoms with Gasteiger partial charge in [-0.25, -0.2) is 4.98 Å². The zero-order valence-electron chi connectivity index (χ0n) is 6.29. The third-order valence-corrected chi connectivity index (χ3v) is 2.24. The molecule has 2 nitrogen and oxygen atoms in total. The Morgan fingerprint density at radius 3 is 3.10 bits per heavy atom. The summed E-state index contributed by atoms with van der Waals surface area (Å²) in [6.07, 6.45) is 5.78. The number of hydrogen-bond donors (Lipinski definition) is 1. The molecule has 56 valence electrons. The van der Waals surface area contributed by atoms with Crippen LogP contribution in [-0.2, 0) is 0 Å². The molecule has 0 saturated carbocycles. The number of nitrogens with zero attached hydrogens (tertiary/aromatic N) is 1. The highest BCUT2D eigenvalue weighted by atomic mass is 32.2. The molecule has 3 heteroatoms. The Hall–Kier alpha value is -0.440. The van der Waals surface area contributed by atoms with E-state index in [9.17, 15) is 0 Å². The lowest BCUT2D eigenvalue weighted by atomic mass is 10.2. The number of H-pyrrole nitrogens is 1. The third-order valence-electron chi connectivity index (χ3n) is 1.40. The molecule has 1 rings (SSSR count). The van der Waals surface area contributed by atoms with Gasteiger partial charge in [0.1, 0.15) is 5.82 Å². The summed E-state index contributed by atoms with van der Waals surface area (Å²) in [4.78, 5) is 7.26. The van der Waals surface area contributed by atoms with Gasteiger partial charge >= 0.3 is 0 Å². The van der Waals surface area contributed by atoms with Crippen LogP contribution in [0.4, 0.5) is 0 Å². The average Bonchev–Trinajstić information content (AvgIpc) is 2.38. The predicted molar refractivity (Wildman–Crippen MR) is 45.4 cm³/mol. The highest BCUT2D eigenvalue weighted by Crippen LogP contribution is 2.13. The van der Waals surface area contributed by atoms with E-state index < -0.39 is 0 Å². The molecule has 10 heavy (non-hydrogen) atoms. The van der Waals surface area contributed by atoms with Crippen LogP contribution in [0.3, 0.4) is 0 Å². The summed E-state index contributed by atoms with van der Waals surface area (Å²) in [5.41, 5.74) is 0. The second-order valence-electron chi connectivity index (χ2n) is 2.33. The number of nitrogens with one attached hydrogen (secondary N) is 1. The number of rotatable bonds is 3. The first-order valence-electron chi connectivity index (χ1n) is 3.33. The molecule has 1 aromatic rings. The molecule has 0 aliphatic heterocycles. The van der Waals surface area contributed by atoms with Crippen LogP contribution in [0, 0.1) is 0 Å². The Bertz CT molecular complexity index is 172. The van der Waals surface area contributed by atoms with Gasteiger partial charge in [0.05, 0.1) is 0 Å². The van der Waals surface area contributed by atoms with Gasteiger partial charge < -0.3 is 4.98 Å². The summed E-state index contributed by atoms with van der Waals surface area (Å²) in [7, 11) is 0. The molecule has 0 bridgehead atoms. The molecule has 1 atom stereocenters. The molecular weight excluding hydrogens is 144 g/mol. The second kappa shape index (κ2) is 3.66. The Morgan fingerprint density at radius 2 is 2.60 bits per heavy atom. The predicted octanol–water partition coefficient (Wildman–Crippen LogP) is 1.88. The van der Waals surface area contributed by atoms with E-state index in [-0.39, 0.29) is 0 Å². The number of hydrogen-bond acceptors (Lipinski definition) is 2. The van der Waals surface area contributed by atoms with E-state index in [0.717, 1.165) is 11.6 Å². The summed E-state index contributed by atoms with van der Waals surface area (Å²) >= 11 is 1.85. The van der Waals surface area contributed by atoms with Crippen LogP contribution in [0.15, 0.2) is 12.4 Å². The van der Waals surface area contributed by atoms with Gasteiger partial charge in [-0.3, -0.25) is 0 Å². The standard InChI is InChI=1S/C7H12N2S/c1-6(5-10-2)7-8-3-4-9-7/h3-4,6H,5H2,1-2H3,(H,8,9). The molecule has 1 unspecified atom stereocenters. The fraction of sp³-hybridized carbons (Fsp3) is 0.571.